The Balaban J connectivity index is 1.80. The molecule has 0 aliphatic rings. The van der Waals surface area contributed by atoms with Gasteiger partial charge in [0.25, 0.3) is 0 Å². The zero-order valence-electron chi connectivity index (χ0n) is 13.5. The van der Waals surface area contributed by atoms with Crippen molar-refractivity contribution in [3.8, 4) is 5.75 Å². The molecule has 2 N–H and O–H groups in total. The van der Waals surface area contributed by atoms with Crippen LogP contribution in [0, 0.1) is 0 Å². The van der Waals surface area contributed by atoms with Crippen molar-refractivity contribution in [3.05, 3.63) is 52.2 Å². The minimum absolute atomic E-state index is 0.553. The summed E-state index contributed by atoms with van der Waals surface area (Å²) in [6, 6.07) is 10.1. The molecule has 5 nitrogen and oxygen atoms in total. The second kappa shape index (κ2) is 9.86. The lowest BCUT2D eigenvalue weighted by molar-refractivity contribution is 0.146. The van der Waals surface area contributed by atoms with Crippen LogP contribution in [-0.2, 0) is 17.8 Å². The molecular weight excluding hydrogens is 310 g/mol. The van der Waals surface area contributed by atoms with E-state index in [4.69, 9.17) is 9.47 Å². The summed E-state index contributed by atoms with van der Waals surface area (Å²) in [5, 5.41) is 10.8. The average Bonchev–Trinajstić information content (AvgIpc) is 3.09. The molecule has 0 radical (unpaired) electrons. The van der Waals surface area contributed by atoms with Crippen molar-refractivity contribution in [3.63, 3.8) is 0 Å². The molecule has 0 atom stereocenters. The Morgan fingerprint density at radius 1 is 1.13 bits per heavy atom. The van der Waals surface area contributed by atoms with Crippen molar-refractivity contribution in [1.29, 1.82) is 0 Å². The van der Waals surface area contributed by atoms with Crippen molar-refractivity contribution in [2.45, 2.75) is 13.1 Å². The fraction of sp³-hybridized carbons (Fsp3) is 0.353. The number of hydrogen-bond acceptors (Lipinski definition) is 4. The van der Waals surface area contributed by atoms with Crippen LogP contribution in [0.2, 0.25) is 0 Å². The van der Waals surface area contributed by atoms with E-state index in [0.717, 1.165) is 23.8 Å². The maximum Gasteiger partial charge on any atom is 0.191 e. The molecule has 0 spiro atoms. The van der Waals surface area contributed by atoms with Gasteiger partial charge in [0.15, 0.2) is 5.96 Å². The highest BCUT2D eigenvalue weighted by molar-refractivity contribution is 7.07. The minimum atomic E-state index is 0.553. The highest BCUT2D eigenvalue weighted by atomic mass is 32.1. The average molecular weight is 333 g/mol. The minimum Gasteiger partial charge on any atom is -0.491 e. The van der Waals surface area contributed by atoms with E-state index >= 15 is 0 Å². The van der Waals surface area contributed by atoms with Crippen molar-refractivity contribution < 1.29 is 9.47 Å². The number of methoxy groups -OCH3 is 1. The first-order valence-corrected chi connectivity index (χ1v) is 8.42. The van der Waals surface area contributed by atoms with Gasteiger partial charge in [0.1, 0.15) is 12.4 Å². The van der Waals surface area contributed by atoms with E-state index in [2.05, 4.69) is 38.5 Å². The third kappa shape index (κ3) is 6.30. The van der Waals surface area contributed by atoms with Gasteiger partial charge in [0.2, 0.25) is 0 Å². The van der Waals surface area contributed by atoms with E-state index in [0.29, 0.717) is 19.8 Å². The standard InChI is InChI=1S/C17H23N3O2S/c1-18-17(20-12-15-6-9-23-13-15)19-11-14-4-3-5-16(10-14)22-8-7-21-2/h3-6,9-10,13H,7-8,11-12H2,1-2H3,(H2,18,19,20). The lowest BCUT2D eigenvalue weighted by Crippen LogP contribution is -2.36. The molecule has 0 saturated heterocycles. The zero-order chi connectivity index (χ0) is 16.3. The lowest BCUT2D eigenvalue weighted by atomic mass is 10.2. The molecule has 0 bridgehead atoms. The molecule has 1 aromatic carbocycles. The van der Waals surface area contributed by atoms with Gasteiger partial charge in [-0.3, -0.25) is 4.99 Å². The molecule has 1 aromatic heterocycles. The summed E-state index contributed by atoms with van der Waals surface area (Å²) in [5.74, 6) is 1.63. The summed E-state index contributed by atoms with van der Waals surface area (Å²) < 4.78 is 10.6. The monoisotopic (exact) mass is 333 g/mol. The number of rotatable bonds is 8. The molecule has 0 aliphatic heterocycles. The number of nitrogens with one attached hydrogen (secondary N) is 2. The van der Waals surface area contributed by atoms with Gasteiger partial charge in [-0.05, 0) is 40.1 Å². The Hall–Kier alpha value is -2.05. The topological polar surface area (TPSA) is 54.9 Å². The molecule has 1 heterocycles. The Morgan fingerprint density at radius 2 is 1.96 bits per heavy atom. The van der Waals surface area contributed by atoms with E-state index in [-0.39, 0.29) is 0 Å². The van der Waals surface area contributed by atoms with Crippen LogP contribution in [0.3, 0.4) is 0 Å². The molecule has 0 unspecified atom stereocenters. The van der Waals surface area contributed by atoms with Crippen LogP contribution in [0.15, 0.2) is 46.1 Å². The Bertz CT molecular complexity index is 600. The van der Waals surface area contributed by atoms with Crippen molar-refractivity contribution >= 4 is 17.3 Å². The van der Waals surface area contributed by atoms with Crippen LogP contribution in [0.5, 0.6) is 5.75 Å². The van der Waals surface area contributed by atoms with Crippen molar-refractivity contribution in [1.82, 2.24) is 10.6 Å². The van der Waals surface area contributed by atoms with Gasteiger partial charge in [-0.1, -0.05) is 12.1 Å². The number of nitrogens with zero attached hydrogens (tertiary/aromatic N) is 1. The largest absolute Gasteiger partial charge is 0.491 e. The molecule has 2 aromatic rings. The summed E-state index contributed by atoms with van der Waals surface area (Å²) >= 11 is 1.70. The Kier molecular flexibility index (Phi) is 7.42. The molecule has 2 rings (SSSR count). The van der Waals surface area contributed by atoms with E-state index in [9.17, 15) is 0 Å². The van der Waals surface area contributed by atoms with E-state index in [1.54, 1.807) is 25.5 Å². The number of thiophene rings is 1. The van der Waals surface area contributed by atoms with Gasteiger partial charge in [-0.2, -0.15) is 11.3 Å². The number of aliphatic imine (C=N–C) groups is 1. The molecular formula is C17H23N3O2S. The van der Waals surface area contributed by atoms with Gasteiger partial charge in [-0.25, -0.2) is 0 Å². The van der Waals surface area contributed by atoms with Gasteiger partial charge in [0.05, 0.1) is 6.61 Å². The Morgan fingerprint density at radius 3 is 2.65 bits per heavy atom. The highest BCUT2D eigenvalue weighted by Crippen LogP contribution is 2.13. The maximum atomic E-state index is 5.62. The number of guanidine groups is 1. The first kappa shape index (κ1) is 17.3. The summed E-state index contributed by atoms with van der Waals surface area (Å²) in [5.41, 5.74) is 2.39. The second-order valence-electron chi connectivity index (χ2n) is 4.90. The lowest BCUT2D eigenvalue weighted by Gasteiger charge is -2.12. The second-order valence-corrected chi connectivity index (χ2v) is 5.68. The third-order valence-electron chi connectivity index (χ3n) is 3.18. The van der Waals surface area contributed by atoms with E-state index < -0.39 is 0 Å². The normalized spacial score (nSPS) is 11.3. The summed E-state index contributed by atoms with van der Waals surface area (Å²) in [6.45, 7) is 2.59. The smallest absolute Gasteiger partial charge is 0.191 e. The molecule has 0 amide bonds. The number of ether oxygens (including phenoxy) is 2. The predicted molar refractivity (Wildman–Crippen MR) is 95.2 cm³/mol. The van der Waals surface area contributed by atoms with Gasteiger partial charge in [0, 0.05) is 27.2 Å². The molecule has 124 valence electrons. The van der Waals surface area contributed by atoms with Gasteiger partial charge in [-0.15, -0.1) is 0 Å². The molecule has 0 saturated carbocycles. The van der Waals surface area contributed by atoms with Gasteiger partial charge >= 0.3 is 0 Å². The summed E-state index contributed by atoms with van der Waals surface area (Å²) in [6.07, 6.45) is 0. The van der Waals surface area contributed by atoms with E-state index in [1.807, 2.05) is 18.2 Å². The predicted octanol–water partition coefficient (Wildman–Crippen LogP) is 2.64. The maximum absolute atomic E-state index is 5.62. The third-order valence-corrected chi connectivity index (χ3v) is 3.91. The van der Waals surface area contributed by atoms with Crippen LogP contribution in [-0.4, -0.2) is 33.3 Å². The van der Waals surface area contributed by atoms with Crippen LogP contribution >= 0.6 is 11.3 Å². The van der Waals surface area contributed by atoms with Crippen molar-refractivity contribution in [2.75, 3.05) is 27.4 Å². The zero-order valence-corrected chi connectivity index (χ0v) is 14.4. The van der Waals surface area contributed by atoms with Crippen LogP contribution < -0.4 is 15.4 Å². The van der Waals surface area contributed by atoms with Crippen molar-refractivity contribution in [2.24, 2.45) is 4.99 Å². The SMILES string of the molecule is CN=C(NCc1ccsc1)NCc1cccc(OCCOC)c1. The molecule has 0 fully saturated rings. The van der Waals surface area contributed by atoms with Gasteiger partial charge < -0.3 is 20.1 Å². The Labute approximate surface area is 141 Å². The highest BCUT2D eigenvalue weighted by Gasteiger charge is 2.01. The summed E-state index contributed by atoms with van der Waals surface area (Å²) in [4.78, 5) is 4.24. The first-order valence-electron chi connectivity index (χ1n) is 7.48. The van der Waals surface area contributed by atoms with Crippen LogP contribution in [0.1, 0.15) is 11.1 Å². The molecule has 23 heavy (non-hydrogen) atoms. The number of benzene rings is 1. The number of hydrogen-bond donors (Lipinski definition) is 2. The fourth-order valence-corrected chi connectivity index (χ4v) is 2.64. The van der Waals surface area contributed by atoms with Crippen LogP contribution in [0.4, 0.5) is 0 Å². The van der Waals surface area contributed by atoms with E-state index in [1.165, 1.54) is 5.56 Å². The molecule has 0 aliphatic carbocycles. The fourth-order valence-electron chi connectivity index (χ4n) is 1.97. The molecule has 6 heteroatoms. The quantitative estimate of drug-likeness (QED) is 0.443. The summed E-state index contributed by atoms with van der Waals surface area (Å²) in [7, 11) is 3.44. The van der Waals surface area contributed by atoms with Crippen LogP contribution in [0.25, 0.3) is 0 Å². The first-order chi connectivity index (χ1) is 11.3.